The molecule has 1 fully saturated rings. The number of pyridine rings is 1. The van der Waals surface area contributed by atoms with Gasteiger partial charge in [0.25, 0.3) is 0 Å². The molecule has 3 heterocycles. The first-order valence-electron chi connectivity index (χ1n) is 6.39. The highest BCUT2D eigenvalue weighted by atomic mass is 16.5. The minimum Gasteiger partial charge on any atom is -0.369 e. The molecule has 19 heavy (non-hydrogen) atoms. The van der Waals surface area contributed by atoms with E-state index < -0.39 is 0 Å². The molecule has 0 aliphatic carbocycles. The number of anilines is 2. The second-order valence-electron chi connectivity index (χ2n) is 4.57. The number of hydrogen-bond donors (Lipinski definition) is 3. The summed E-state index contributed by atoms with van der Waals surface area (Å²) in [6, 6.07) is 7.82. The second kappa shape index (κ2) is 5.38. The van der Waals surface area contributed by atoms with Crippen LogP contribution in [0.1, 0.15) is 17.5 Å². The average molecular weight is 259 g/mol. The summed E-state index contributed by atoms with van der Waals surface area (Å²) in [5.41, 5.74) is 1.95. The number of rotatable bonds is 3. The highest BCUT2D eigenvalue weighted by Gasteiger charge is 2.17. The first-order chi connectivity index (χ1) is 9.31. The number of H-pyrrole nitrogens is 1. The van der Waals surface area contributed by atoms with E-state index in [1.807, 2.05) is 31.2 Å². The van der Waals surface area contributed by atoms with Gasteiger partial charge in [-0.2, -0.15) is 5.10 Å². The number of aromatic amines is 1. The van der Waals surface area contributed by atoms with Crippen LogP contribution in [0.15, 0.2) is 24.3 Å². The summed E-state index contributed by atoms with van der Waals surface area (Å²) >= 11 is 0. The standard InChI is InChI=1S/C13H17N5O/c1-9-7-13(18-17-9)16-12-4-2-3-10(15-12)11-8-14-5-6-19-11/h2-4,7,11,14H,5-6,8H2,1H3,(H2,15,16,17,18). The van der Waals surface area contributed by atoms with Crippen LogP contribution in [0, 0.1) is 6.92 Å². The van der Waals surface area contributed by atoms with Crippen LogP contribution >= 0.6 is 0 Å². The molecular formula is C13H17N5O. The summed E-state index contributed by atoms with van der Waals surface area (Å²) < 4.78 is 5.70. The topological polar surface area (TPSA) is 74.9 Å². The molecule has 6 nitrogen and oxygen atoms in total. The molecule has 2 aromatic heterocycles. The summed E-state index contributed by atoms with van der Waals surface area (Å²) in [5.74, 6) is 1.54. The zero-order valence-electron chi connectivity index (χ0n) is 10.8. The summed E-state index contributed by atoms with van der Waals surface area (Å²) in [5, 5.41) is 13.5. The molecule has 0 aromatic carbocycles. The normalized spacial score (nSPS) is 19.3. The Bertz CT molecular complexity index is 547. The summed E-state index contributed by atoms with van der Waals surface area (Å²) in [6.45, 7) is 4.39. The van der Waals surface area contributed by atoms with Gasteiger partial charge in [0.2, 0.25) is 0 Å². The summed E-state index contributed by atoms with van der Waals surface area (Å²) in [6.07, 6.45) is 0.0245. The van der Waals surface area contributed by atoms with Crippen molar-refractivity contribution in [3.63, 3.8) is 0 Å². The van der Waals surface area contributed by atoms with Crippen molar-refractivity contribution in [2.24, 2.45) is 0 Å². The first-order valence-corrected chi connectivity index (χ1v) is 6.39. The highest BCUT2D eigenvalue weighted by Crippen LogP contribution is 2.19. The van der Waals surface area contributed by atoms with Crippen LogP contribution in [0.5, 0.6) is 0 Å². The molecule has 0 spiro atoms. The van der Waals surface area contributed by atoms with Crippen molar-refractivity contribution in [1.29, 1.82) is 0 Å². The molecule has 0 bridgehead atoms. The Labute approximate surface area is 111 Å². The molecule has 2 aromatic rings. The van der Waals surface area contributed by atoms with Gasteiger partial charge in [-0.1, -0.05) is 6.07 Å². The van der Waals surface area contributed by atoms with Crippen molar-refractivity contribution < 1.29 is 4.74 Å². The van der Waals surface area contributed by atoms with Crippen LogP contribution in [-0.4, -0.2) is 34.9 Å². The van der Waals surface area contributed by atoms with Crippen LogP contribution in [0.3, 0.4) is 0 Å². The SMILES string of the molecule is Cc1cc(Nc2cccc(C3CNCCO3)n2)n[nH]1. The molecule has 100 valence electrons. The molecule has 0 amide bonds. The van der Waals surface area contributed by atoms with Gasteiger partial charge in [-0.25, -0.2) is 4.98 Å². The van der Waals surface area contributed by atoms with Crippen molar-refractivity contribution in [3.05, 3.63) is 35.7 Å². The largest absolute Gasteiger partial charge is 0.369 e. The number of ether oxygens (including phenoxy) is 1. The van der Waals surface area contributed by atoms with Crippen molar-refractivity contribution in [1.82, 2.24) is 20.5 Å². The second-order valence-corrected chi connectivity index (χ2v) is 4.57. The Hall–Kier alpha value is -1.92. The zero-order chi connectivity index (χ0) is 13.1. The van der Waals surface area contributed by atoms with E-state index in [0.29, 0.717) is 0 Å². The van der Waals surface area contributed by atoms with E-state index in [1.54, 1.807) is 0 Å². The molecule has 3 rings (SSSR count). The molecule has 3 N–H and O–H groups in total. The molecule has 0 radical (unpaired) electrons. The molecular weight excluding hydrogens is 242 g/mol. The molecule has 1 saturated heterocycles. The fraction of sp³-hybridized carbons (Fsp3) is 0.385. The lowest BCUT2D eigenvalue weighted by atomic mass is 10.2. The van der Waals surface area contributed by atoms with Crippen molar-refractivity contribution in [2.75, 3.05) is 25.0 Å². The smallest absolute Gasteiger partial charge is 0.153 e. The lowest BCUT2D eigenvalue weighted by Crippen LogP contribution is -2.33. The summed E-state index contributed by atoms with van der Waals surface area (Å²) in [4.78, 5) is 4.57. The lowest BCUT2D eigenvalue weighted by Gasteiger charge is -2.23. The molecule has 6 heteroatoms. The monoisotopic (exact) mass is 259 g/mol. The first kappa shape index (κ1) is 12.1. The maximum Gasteiger partial charge on any atom is 0.153 e. The predicted octanol–water partition coefficient (Wildman–Crippen LogP) is 1.52. The third-order valence-corrected chi connectivity index (χ3v) is 2.99. The number of morpholine rings is 1. The third kappa shape index (κ3) is 2.91. The van der Waals surface area contributed by atoms with Gasteiger partial charge in [-0.3, -0.25) is 5.10 Å². The van der Waals surface area contributed by atoms with Gasteiger partial charge >= 0.3 is 0 Å². The Morgan fingerprint density at radius 1 is 1.37 bits per heavy atom. The number of nitrogens with zero attached hydrogens (tertiary/aromatic N) is 2. The van der Waals surface area contributed by atoms with Gasteiger partial charge in [0.1, 0.15) is 11.9 Å². The Morgan fingerprint density at radius 3 is 3.05 bits per heavy atom. The zero-order valence-corrected chi connectivity index (χ0v) is 10.8. The number of hydrogen-bond acceptors (Lipinski definition) is 5. The summed E-state index contributed by atoms with van der Waals surface area (Å²) in [7, 11) is 0. The molecule has 1 unspecified atom stereocenters. The van der Waals surface area contributed by atoms with Gasteiger partial charge in [0.05, 0.1) is 12.3 Å². The number of aryl methyl sites for hydroxylation is 1. The van der Waals surface area contributed by atoms with E-state index in [2.05, 4.69) is 25.8 Å². The maximum atomic E-state index is 5.70. The van der Waals surface area contributed by atoms with Crippen LogP contribution in [0.4, 0.5) is 11.6 Å². The van der Waals surface area contributed by atoms with E-state index in [9.17, 15) is 0 Å². The van der Waals surface area contributed by atoms with E-state index in [4.69, 9.17) is 4.74 Å². The molecule has 0 saturated carbocycles. The van der Waals surface area contributed by atoms with Crippen molar-refractivity contribution >= 4 is 11.6 Å². The van der Waals surface area contributed by atoms with Gasteiger partial charge in [0, 0.05) is 24.8 Å². The van der Waals surface area contributed by atoms with Gasteiger partial charge < -0.3 is 15.4 Å². The predicted molar refractivity (Wildman–Crippen MR) is 72.4 cm³/mol. The van der Waals surface area contributed by atoms with Crippen LogP contribution in [-0.2, 0) is 4.74 Å². The molecule has 1 atom stereocenters. The quantitative estimate of drug-likeness (QED) is 0.779. The van der Waals surface area contributed by atoms with Crippen molar-refractivity contribution in [3.8, 4) is 0 Å². The minimum absolute atomic E-state index is 0.0245. The van der Waals surface area contributed by atoms with Gasteiger partial charge in [-0.15, -0.1) is 0 Å². The Balaban J connectivity index is 1.75. The van der Waals surface area contributed by atoms with Crippen LogP contribution in [0.2, 0.25) is 0 Å². The number of aromatic nitrogens is 3. The van der Waals surface area contributed by atoms with Gasteiger partial charge in [0.15, 0.2) is 5.82 Å². The molecule has 1 aliphatic heterocycles. The van der Waals surface area contributed by atoms with E-state index in [1.165, 1.54) is 0 Å². The fourth-order valence-corrected chi connectivity index (χ4v) is 2.07. The van der Waals surface area contributed by atoms with E-state index in [0.717, 1.165) is 42.7 Å². The maximum absolute atomic E-state index is 5.70. The Kier molecular flexibility index (Phi) is 3.43. The van der Waals surface area contributed by atoms with E-state index in [-0.39, 0.29) is 6.10 Å². The lowest BCUT2D eigenvalue weighted by molar-refractivity contribution is 0.0251. The number of nitrogens with one attached hydrogen (secondary N) is 3. The average Bonchev–Trinajstić information content (AvgIpc) is 2.85. The van der Waals surface area contributed by atoms with Crippen LogP contribution < -0.4 is 10.6 Å². The third-order valence-electron chi connectivity index (χ3n) is 2.99. The highest BCUT2D eigenvalue weighted by molar-refractivity contribution is 5.51. The fourth-order valence-electron chi connectivity index (χ4n) is 2.07. The van der Waals surface area contributed by atoms with Crippen molar-refractivity contribution in [2.45, 2.75) is 13.0 Å². The van der Waals surface area contributed by atoms with Crippen LogP contribution in [0.25, 0.3) is 0 Å². The minimum atomic E-state index is 0.0245. The van der Waals surface area contributed by atoms with Gasteiger partial charge in [-0.05, 0) is 19.1 Å². The van der Waals surface area contributed by atoms with E-state index >= 15 is 0 Å². The molecule has 1 aliphatic rings. The Morgan fingerprint density at radius 2 is 2.32 bits per heavy atom.